The van der Waals surface area contributed by atoms with Crippen LogP contribution in [0.25, 0.3) is 0 Å². The Morgan fingerprint density at radius 2 is 1.87 bits per heavy atom. The van der Waals surface area contributed by atoms with Crippen LogP contribution in [0.15, 0.2) is 48.8 Å². The number of benzene rings is 2. The number of hydrogen-bond donors (Lipinski definition) is 1. The van der Waals surface area contributed by atoms with Crippen molar-refractivity contribution in [3.63, 3.8) is 0 Å². The van der Waals surface area contributed by atoms with Crippen molar-refractivity contribution in [2.45, 2.75) is 19.1 Å². The molecule has 0 bridgehead atoms. The van der Waals surface area contributed by atoms with Gasteiger partial charge in [-0.15, -0.1) is 0 Å². The Kier molecular flexibility index (Phi) is 5.40. The lowest BCUT2D eigenvalue weighted by Gasteiger charge is -2.29. The largest absolute Gasteiger partial charge is 0.417 e. The SMILES string of the molecule is O=[N+]([O-])c1c(Nc2ccc(Cl)c(C(F)(F)F)c2)ncnc1N1CCc2ccccc2C1. The van der Waals surface area contributed by atoms with Gasteiger partial charge in [0.2, 0.25) is 11.6 Å². The van der Waals surface area contributed by atoms with E-state index in [9.17, 15) is 23.3 Å². The number of nitrogens with zero attached hydrogens (tertiary/aromatic N) is 4. The standard InChI is InChI=1S/C20H15ClF3N5O2/c21-16-6-5-14(9-15(16)20(22,23)24)27-18-17(29(30)31)19(26-11-25-18)28-8-7-12-3-1-2-4-13(12)10-28/h1-6,9,11H,7-8,10H2,(H,25,26,27). The van der Waals surface area contributed by atoms with Crippen LogP contribution in [0, 0.1) is 10.1 Å². The van der Waals surface area contributed by atoms with E-state index in [1.54, 1.807) is 4.90 Å². The average Bonchev–Trinajstić information content (AvgIpc) is 2.73. The minimum Gasteiger partial charge on any atom is -0.346 e. The molecule has 7 nitrogen and oxygen atoms in total. The second-order valence-corrected chi connectivity index (χ2v) is 7.32. The monoisotopic (exact) mass is 449 g/mol. The molecular weight excluding hydrogens is 435 g/mol. The molecule has 1 N–H and O–H groups in total. The van der Waals surface area contributed by atoms with E-state index in [-0.39, 0.29) is 17.3 Å². The fraction of sp³-hybridized carbons (Fsp3) is 0.200. The average molecular weight is 450 g/mol. The lowest BCUT2D eigenvalue weighted by atomic mass is 10.00. The second-order valence-electron chi connectivity index (χ2n) is 6.91. The summed E-state index contributed by atoms with van der Waals surface area (Å²) in [5.74, 6) is -0.105. The third-order valence-corrected chi connectivity index (χ3v) is 5.28. The van der Waals surface area contributed by atoms with Gasteiger partial charge in [-0.25, -0.2) is 9.97 Å². The molecule has 2 aromatic carbocycles. The van der Waals surface area contributed by atoms with Gasteiger partial charge in [-0.2, -0.15) is 13.2 Å². The quantitative estimate of drug-likeness (QED) is 0.426. The summed E-state index contributed by atoms with van der Waals surface area (Å²) in [6.07, 6.45) is -2.84. The first-order chi connectivity index (χ1) is 14.7. The van der Waals surface area contributed by atoms with Gasteiger partial charge in [-0.05, 0) is 35.7 Å². The zero-order chi connectivity index (χ0) is 22.2. The Hall–Kier alpha value is -3.40. The van der Waals surface area contributed by atoms with Crippen LogP contribution in [-0.2, 0) is 19.1 Å². The molecule has 1 aromatic heterocycles. The lowest BCUT2D eigenvalue weighted by Crippen LogP contribution is -2.31. The molecule has 2 heterocycles. The summed E-state index contributed by atoms with van der Waals surface area (Å²) < 4.78 is 39.5. The van der Waals surface area contributed by atoms with Gasteiger partial charge in [0.05, 0.1) is 15.5 Å². The van der Waals surface area contributed by atoms with Crippen molar-refractivity contribution < 1.29 is 18.1 Å². The smallest absolute Gasteiger partial charge is 0.346 e. The third kappa shape index (κ3) is 4.24. The van der Waals surface area contributed by atoms with Gasteiger partial charge in [0, 0.05) is 18.8 Å². The zero-order valence-corrected chi connectivity index (χ0v) is 16.6. The molecule has 31 heavy (non-hydrogen) atoms. The number of nitrogens with one attached hydrogen (secondary N) is 1. The zero-order valence-electron chi connectivity index (χ0n) is 15.9. The van der Waals surface area contributed by atoms with Gasteiger partial charge < -0.3 is 10.2 Å². The number of halogens is 4. The Morgan fingerprint density at radius 1 is 1.13 bits per heavy atom. The van der Waals surface area contributed by atoms with Crippen LogP contribution in [0.2, 0.25) is 5.02 Å². The number of nitro groups is 1. The second kappa shape index (κ2) is 8.03. The number of aromatic nitrogens is 2. The molecule has 1 aliphatic heterocycles. The first-order valence-electron chi connectivity index (χ1n) is 9.19. The molecule has 160 valence electrons. The highest BCUT2D eigenvalue weighted by Crippen LogP contribution is 2.39. The topological polar surface area (TPSA) is 84.2 Å². The molecular formula is C20H15ClF3N5O2. The molecule has 4 rings (SSSR count). The highest BCUT2D eigenvalue weighted by Gasteiger charge is 2.34. The van der Waals surface area contributed by atoms with Crippen LogP contribution in [0.5, 0.6) is 0 Å². The molecule has 3 aromatic rings. The van der Waals surface area contributed by atoms with Crippen LogP contribution in [-0.4, -0.2) is 21.4 Å². The Balaban J connectivity index is 1.70. The van der Waals surface area contributed by atoms with Crippen molar-refractivity contribution in [3.8, 4) is 0 Å². The molecule has 0 atom stereocenters. The van der Waals surface area contributed by atoms with Crippen molar-refractivity contribution in [2.75, 3.05) is 16.8 Å². The summed E-state index contributed by atoms with van der Waals surface area (Å²) in [6.45, 7) is 0.931. The molecule has 0 saturated carbocycles. The van der Waals surface area contributed by atoms with E-state index in [1.165, 1.54) is 6.07 Å². The van der Waals surface area contributed by atoms with Crippen LogP contribution >= 0.6 is 11.6 Å². The normalized spacial score (nSPS) is 13.6. The van der Waals surface area contributed by atoms with E-state index < -0.39 is 27.4 Å². The van der Waals surface area contributed by atoms with E-state index in [0.717, 1.165) is 29.6 Å². The molecule has 0 spiro atoms. The summed E-state index contributed by atoms with van der Waals surface area (Å²) in [4.78, 5) is 21.0. The maximum absolute atomic E-state index is 13.2. The van der Waals surface area contributed by atoms with Crippen LogP contribution in [0.1, 0.15) is 16.7 Å². The van der Waals surface area contributed by atoms with Gasteiger partial charge >= 0.3 is 11.9 Å². The third-order valence-electron chi connectivity index (χ3n) is 4.95. The molecule has 0 amide bonds. The first-order valence-corrected chi connectivity index (χ1v) is 9.56. The highest BCUT2D eigenvalue weighted by atomic mass is 35.5. The molecule has 0 radical (unpaired) electrons. The van der Waals surface area contributed by atoms with Gasteiger partial charge in [0.15, 0.2) is 0 Å². The number of hydrogen-bond acceptors (Lipinski definition) is 6. The van der Waals surface area contributed by atoms with Crippen molar-refractivity contribution in [2.24, 2.45) is 0 Å². The molecule has 11 heteroatoms. The van der Waals surface area contributed by atoms with Gasteiger partial charge in [-0.1, -0.05) is 35.9 Å². The van der Waals surface area contributed by atoms with Crippen LogP contribution in [0.3, 0.4) is 0 Å². The summed E-state index contributed by atoms with van der Waals surface area (Å²) in [7, 11) is 0. The fourth-order valence-electron chi connectivity index (χ4n) is 3.49. The van der Waals surface area contributed by atoms with Crippen molar-refractivity contribution in [1.29, 1.82) is 0 Å². The predicted octanol–water partition coefficient (Wildman–Crippen LogP) is 5.36. The van der Waals surface area contributed by atoms with E-state index in [1.807, 2.05) is 24.3 Å². The number of anilines is 3. The number of fused-ring (bicyclic) bond motifs is 1. The molecule has 0 unspecified atom stereocenters. The molecule has 0 aliphatic carbocycles. The minimum absolute atomic E-state index is 0.0338. The highest BCUT2D eigenvalue weighted by molar-refractivity contribution is 6.31. The summed E-state index contributed by atoms with van der Waals surface area (Å²) in [5, 5.41) is 14.0. The number of alkyl halides is 3. The van der Waals surface area contributed by atoms with Crippen molar-refractivity contribution in [3.05, 3.63) is 80.6 Å². The van der Waals surface area contributed by atoms with E-state index in [2.05, 4.69) is 15.3 Å². The maximum atomic E-state index is 13.2. The predicted molar refractivity (Wildman–Crippen MR) is 110 cm³/mol. The Labute approximate surface area is 179 Å². The Morgan fingerprint density at radius 3 is 2.58 bits per heavy atom. The van der Waals surface area contributed by atoms with Gasteiger partial charge in [0.1, 0.15) is 6.33 Å². The molecule has 0 fully saturated rings. The van der Waals surface area contributed by atoms with E-state index in [0.29, 0.717) is 19.5 Å². The van der Waals surface area contributed by atoms with Crippen molar-refractivity contribution >= 4 is 34.6 Å². The molecule has 1 aliphatic rings. The van der Waals surface area contributed by atoms with Gasteiger partial charge in [-0.3, -0.25) is 10.1 Å². The van der Waals surface area contributed by atoms with E-state index >= 15 is 0 Å². The Bertz CT molecular complexity index is 1160. The summed E-state index contributed by atoms with van der Waals surface area (Å²) in [6, 6.07) is 10.9. The van der Waals surface area contributed by atoms with E-state index in [4.69, 9.17) is 11.6 Å². The minimum atomic E-state index is -4.67. The fourth-order valence-corrected chi connectivity index (χ4v) is 3.72. The molecule has 0 saturated heterocycles. The van der Waals surface area contributed by atoms with Crippen molar-refractivity contribution in [1.82, 2.24) is 9.97 Å². The van der Waals surface area contributed by atoms with Crippen LogP contribution < -0.4 is 10.2 Å². The first kappa shape index (κ1) is 20.9. The summed E-state index contributed by atoms with van der Waals surface area (Å²) >= 11 is 5.65. The summed E-state index contributed by atoms with van der Waals surface area (Å²) in [5.41, 5.74) is 0.695. The van der Waals surface area contributed by atoms with Crippen LogP contribution in [0.4, 0.5) is 36.2 Å². The lowest BCUT2D eigenvalue weighted by molar-refractivity contribution is -0.383. The van der Waals surface area contributed by atoms with Gasteiger partial charge in [0.25, 0.3) is 0 Å². The maximum Gasteiger partial charge on any atom is 0.417 e. The number of rotatable bonds is 4.